The van der Waals surface area contributed by atoms with E-state index < -0.39 is 34.8 Å². The van der Waals surface area contributed by atoms with Crippen molar-refractivity contribution in [3.05, 3.63) is 23.3 Å². The van der Waals surface area contributed by atoms with Crippen LogP contribution in [-0.2, 0) is 19.1 Å². The van der Waals surface area contributed by atoms with Crippen LogP contribution in [-0.4, -0.2) is 62.7 Å². The van der Waals surface area contributed by atoms with Crippen LogP contribution in [0.15, 0.2) is 23.3 Å². The number of hydrogen-bond donors (Lipinski definition) is 3. The normalized spacial score (nSPS) is 54.3. The highest BCUT2D eigenvalue weighted by Crippen LogP contribution is 2.72. The lowest BCUT2D eigenvalue weighted by molar-refractivity contribution is -0.205. The Morgan fingerprint density at radius 1 is 1.11 bits per heavy atom. The van der Waals surface area contributed by atoms with E-state index in [1.165, 1.54) is 0 Å². The largest absolute Gasteiger partial charge is 0.453 e. The monoisotopic (exact) mass is 486 g/mol. The summed E-state index contributed by atoms with van der Waals surface area (Å²) >= 11 is 0. The van der Waals surface area contributed by atoms with Crippen molar-refractivity contribution in [2.75, 3.05) is 0 Å². The number of fused-ring (bicyclic) bond motifs is 8. The molecule has 0 spiro atoms. The Labute approximate surface area is 206 Å². The summed E-state index contributed by atoms with van der Waals surface area (Å²) in [4.78, 5) is 25.7. The molecule has 0 unspecified atom stereocenters. The molecule has 12 atom stereocenters. The van der Waals surface area contributed by atoms with Crippen molar-refractivity contribution in [3.63, 3.8) is 0 Å². The van der Waals surface area contributed by atoms with Crippen LogP contribution in [0.5, 0.6) is 0 Å². The second kappa shape index (κ2) is 7.06. The topological polar surface area (TPSA) is 117 Å². The summed E-state index contributed by atoms with van der Waals surface area (Å²) in [5.74, 6) is -0.325. The van der Waals surface area contributed by atoms with Gasteiger partial charge in [0.1, 0.15) is 23.4 Å². The van der Waals surface area contributed by atoms with Crippen LogP contribution in [0.2, 0.25) is 0 Å². The number of esters is 1. The Morgan fingerprint density at radius 3 is 2.54 bits per heavy atom. The summed E-state index contributed by atoms with van der Waals surface area (Å²) < 4.78 is 11.8. The third-order valence-electron chi connectivity index (χ3n) is 11.7. The summed E-state index contributed by atoms with van der Waals surface area (Å²) in [6, 6.07) is 0. The second-order valence-electron chi connectivity index (χ2n) is 12.9. The summed E-state index contributed by atoms with van der Waals surface area (Å²) in [5, 5.41) is 34.6. The van der Waals surface area contributed by atoms with Crippen molar-refractivity contribution in [3.8, 4) is 0 Å². The number of aliphatic hydroxyl groups excluding tert-OH is 1. The third-order valence-corrected chi connectivity index (χ3v) is 11.7. The molecule has 0 aromatic rings. The number of carbonyl (C=O) groups excluding carboxylic acids is 2. The van der Waals surface area contributed by atoms with Crippen LogP contribution in [0.25, 0.3) is 0 Å². The molecular weight excluding hydrogens is 448 g/mol. The molecule has 0 radical (unpaired) electrons. The summed E-state index contributed by atoms with van der Waals surface area (Å²) in [7, 11) is 0. The molecule has 3 saturated carbocycles. The van der Waals surface area contributed by atoms with Crippen LogP contribution in [0.3, 0.4) is 0 Å². The van der Waals surface area contributed by atoms with E-state index in [1.807, 2.05) is 6.92 Å². The van der Waals surface area contributed by atoms with Crippen molar-refractivity contribution in [1.29, 1.82) is 0 Å². The van der Waals surface area contributed by atoms with Crippen molar-refractivity contribution in [1.82, 2.24) is 0 Å². The predicted molar refractivity (Wildman–Crippen MR) is 126 cm³/mol. The Hall–Kier alpha value is -1.54. The van der Waals surface area contributed by atoms with Gasteiger partial charge in [-0.25, -0.2) is 4.79 Å². The molecule has 3 N–H and O–H groups in total. The Bertz CT molecular complexity index is 1060. The first-order valence-electron chi connectivity index (χ1n) is 13.2. The van der Waals surface area contributed by atoms with E-state index in [0.717, 1.165) is 25.7 Å². The fourth-order valence-corrected chi connectivity index (χ4v) is 9.46. The Kier molecular flexibility index (Phi) is 4.81. The van der Waals surface area contributed by atoms with Crippen LogP contribution < -0.4 is 0 Å². The smallest absolute Gasteiger partial charge is 0.334 e. The van der Waals surface area contributed by atoms with Crippen molar-refractivity contribution in [2.45, 2.75) is 102 Å². The highest BCUT2D eigenvalue weighted by molar-refractivity contribution is 5.97. The Morgan fingerprint density at radius 2 is 1.83 bits per heavy atom. The highest BCUT2D eigenvalue weighted by atomic mass is 16.6. The first-order valence-corrected chi connectivity index (χ1v) is 13.2. The average molecular weight is 487 g/mol. The lowest BCUT2D eigenvalue weighted by Gasteiger charge is -2.60. The van der Waals surface area contributed by atoms with Gasteiger partial charge in [0.15, 0.2) is 11.9 Å². The minimum atomic E-state index is -1.42. The summed E-state index contributed by atoms with van der Waals surface area (Å²) in [5.41, 5.74) is -2.78. The van der Waals surface area contributed by atoms with Gasteiger partial charge in [-0.2, -0.15) is 0 Å². The molecule has 0 aromatic carbocycles. The maximum atomic E-state index is 13.3. The zero-order valence-electron chi connectivity index (χ0n) is 21.3. The van der Waals surface area contributed by atoms with Gasteiger partial charge >= 0.3 is 5.97 Å². The van der Waals surface area contributed by atoms with E-state index in [9.17, 15) is 24.9 Å². The van der Waals surface area contributed by atoms with Gasteiger partial charge in [0.2, 0.25) is 0 Å². The number of allylic oxidation sites excluding steroid dienone is 1. The number of carbonyl (C=O) groups is 2. The minimum absolute atomic E-state index is 0.00443. The molecular formula is C28H38O7. The molecule has 7 nitrogen and oxygen atoms in total. The van der Waals surface area contributed by atoms with Gasteiger partial charge in [-0.15, -0.1) is 0 Å². The van der Waals surface area contributed by atoms with Crippen LogP contribution in [0.1, 0.15) is 66.7 Å². The van der Waals surface area contributed by atoms with E-state index in [2.05, 4.69) is 6.92 Å². The predicted octanol–water partition coefficient (Wildman–Crippen LogP) is 2.47. The van der Waals surface area contributed by atoms with Crippen molar-refractivity contribution in [2.24, 2.45) is 34.5 Å². The Balaban J connectivity index is 1.34. The maximum absolute atomic E-state index is 13.3. The molecule has 4 aliphatic carbocycles. The number of ether oxygens (including phenoxy) is 2. The standard InChI is InChI=1S/C28H38O7/c1-13-14(2)24(31)35-22(20(13)30)27(5,32)17-9-8-15-19-16(10-12-25(15,17)3)26(4)18(29)7-6-11-28(26,33)23-21(19)34-23/h6-7,15-17,19-23,30,32-33H,8-12H2,1-5H3/t15-,16-,17-,19-,20-,21-,22+,23-,25-,26-,27+,28-/m0/s1. The first-order chi connectivity index (χ1) is 16.3. The van der Waals surface area contributed by atoms with E-state index in [0.29, 0.717) is 17.6 Å². The number of cyclic esters (lactones) is 1. The molecule has 6 aliphatic rings. The van der Waals surface area contributed by atoms with Crippen LogP contribution >= 0.6 is 0 Å². The third kappa shape index (κ3) is 2.71. The minimum Gasteiger partial charge on any atom is -0.453 e. The van der Waals surface area contributed by atoms with Gasteiger partial charge in [-0.1, -0.05) is 13.0 Å². The van der Waals surface area contributed by atoms with Gasteiger partial charge < -0.3 is 24.8 Å². The molecule has 192 valence electrons. The van der Waals surface area contributed by atoms with Gasteiger partial charge in [-0.3, -0.25) is 4.79 Å². The number of epoxide rings is 1. The highest BCUT2D eigenvalue weighted by Gasteiger charge is 2.78. The zero-order chi connectivity index (χ0) is 25.3. The summed E-state index contributed by atoms with van der Waals surface area (Å²) in [6.45, 7) is 9.22. The second-order valence-corrected chi connectivity index (χ2v) is 12.9. The van der Waals surface area contributed by atoms with E-state index in [4.69, 9.17) is 9.47 Å². The van der Waals surface area contributed by atoms with E-state index in [-0.39, 0.29) is 47.1 Å². The van der Waals surface area contributed by atoms with E-state index >= 15 is 0 Å². The number of ketones is 1. The van der Waals surface area contributed by atoms with Gasteiger partial charge in [0, 0.05) is 5.57 Å². The van der Waals surface area contributed by atoms with Crippen molar-refractivity contribution >= 4 is 11.8 Å². The number of hydrogen-bond acceptors (Lipinski definition) is 7. The first kappa shape index (κ1) is 23.8. The molecule has 7 heteroatoms. The van der Waals surface area contributed by atoms with E-state index in [1.54, 1.807) is 32.9 Å². The molecule has 4 fully saturated rings. The van der Waals surface area contributed by atoms with Crippen LogP contribution in [0, 0.1) is 34.5 Å². The average Bonchev–Trinajstić information content (AvgIpc) is 3.52. The van der Waals surface area contributed by atoms with Gasteiger partial charge in [-0.05, 0) is 101 Å². The lowest BCUT2D eigenvalue weighted by atomic mass is 9.43. The molecule has 6 rings (SSSR count). The molecule has 0 aromatic heterocycles. The SMILES string of the molecule is CC1=C(C)[C@H](O)[C@H]([C@](C)(O)[C@H]2CC[C@H]3[C@@H]4[C@@H]5O[C@@H]5[C@@]5(O)CC=CC(=O)[C@]5(C)[C@H]4CC[C@]23C)OC1=O. The molecule has 2 heterocycles. The quantitative estimate of drug-likeness (QED) is 0.406. The molecule has 2 aliphatic heterocycles. The molecule has 1 saturated heterocycles. The molecule has 35 heavy (non-hydrogen) atoms. The summed E-state index contributed by atoms with van der Waals surface area (Å²) in [6.07, 6.45) is 4.56. The maximum Gasteiger partial charge on any atom is 0.334 e. The fourth-order valence-electron chi connectivity index (χ4n) is 9.46. The number of rotatable bonds is 2. The van der Waals surface area contributed by atoms with Gasteiger partial charge in [0.05, 0.1) is 11.5 Å². The zero-order valence-corrected chi connectivity index (χ0v) is 21.3. The van der Waals surface area contributed by atoms with Gasteiger partial charge in [0.25, 0.3) is 0 Å². The lowest BCUT2D eigenvalue weighted by Crippen LogP contribution is -2.68. The molecule has 0 bridgehead atoms. The molecule has 0 amide bonds. The van der Waals surface area contributed by atoms with Crippen molar-refractivity contribution < 1.29 is 34.4 Å². The van der Waals surface area contributed by atoms with Crippen LogP contribution in [0.4, 0.5) is 0 Å². The number of aliphatic hydroxyl groups is 3. The fraction of sp³-hybridized carbons (Fsp3) is 0.786.